The van der Waals surface area contributed by atoms with Crippen molar-refractivity contribution >= 4 is 0 Å². The maximum Gasteiger partial charge on any atom is 2.00 e. The van der Waals surface area contributed by atoms with Gasteiger partial charge in [0.15, 0.2) is 0 Å². The molecule has 1 aromatic carbocycles. The van der Waals surface area contributed by atoms with Gasteiger partial charge < -0.3 is 0 Å². The van der Waals surface area contributed by atoms with Crippen molar-refractivity contribution in [3.05, 3.63) is 35.9 Å². The molecule has 0 nitrogen and oxygen atoms in total. The topological polar surface area (TPSA) is 0 Å². The Labute approximate surface area is 73.1 Å². The zero-order chi connectivity index (χ0) is 6.69. The van der Waals surface area contributed by atoms with Gasteiger partial charge >= 0.3 is 17.1 Å². The summed E-state index contributed by atoms with van der Waals surface area (Å²) < 4.78 is 0. The van der Waals surface area contributed by atoms with E-state index in [-0.39, 0.29) is 17.1 Å². The van der Waals surface area contributed by atoms with Crippen LogP contribution in [-0.4, -0.2) is 0 Å². The molecule has 1 rings (SSSR count). The average molecular weight is 176 g/mol. The third-order valence-electron chi connectivity index (χ3n) is 1.47. The first-order chi connectivity index (χ1) is 4.30. The van der Waals surface area contributed by atoms with Gasteiger partial charge in [0.05, 0.1) is 0 Å². The molecule has 1 aromatic rings. The van der Waals surface area contributed by atoms with Gasteiger partial charge in [0.2, 0.25) is 0 Å². The van der Waals surface area contributed by atoms with E-state index in [1.807, 2.05) is 6.07 Å². The van der Waals surface area contributed by atoms with E-state index in [9.17, 15) is 0 Å². The molecular formula is C9H12Fe+2. The summed E-state index contributed by atoms with van der Waals surface area (Å²) in [6, 6.07) is 10.5. The van der Waals surface area contributed by atoms with Gasteiger partial charge in [0.25, 0.3) is 0 Å². The van der Waals surface area contributed by atoms with Gasteiger partial charge in [0.1, 0.15) is 0 Å². The third-order valence-corrected chi connectivity index (χ3v) is 1.47. The Morgan fingerprint density at radius 1 is 1.00 bits per heavy atom. The zero-order valence-corrected chi connectivity index (χ0v) is 7.42. The fourth-order valence-electron chi connectivity index (χ4n) is 0.838. The Bertz CT molecular complexity index is 167. The van der Waals surface area contributed by atoms with E-state index in [2.05, 4.69) is 38.1 Å². The van der Waals surface area contributed by atoms with E-state index in [0.29, 0.717) is 5.92 Å². The fraction of sp³-hybridized carbons (Fsp3) is 0.333. The van der Waals surface area contributed by atoms with Gasteiger partial charge in [-0.3, -0.25) is 0 Å². The van der Waals surface area contributed by atoms with Crippen LogP contribution in [0.25, 0.3) is 0 Å². The molecule has 10 heavy (non-hydrogen) atoms. The summed E-state index contributed by atoms with van der Waals surface area (Å²) in [6.07, 6.45) is 0. The monoisotopic (exact) mass is 176 g/mol. The van der Waals surface area contributed by atoms with E-state index in [0.717, 1.165) is 0 Å². The first-order valence-corrected chi connectivity index (χ1v) is 3.35. The predicted molar refractivity (Wildman–Crippen MR) is 40.5 cm³/mol. The molecule has 0 saturated carbocycles. The van der Waals surface area contributed by atoms with Gasteiger partial charge in [-0.05, 0) is 11.5 Å². The largest absolute Gasteiger partial charge is 2.00 e. The molecule has 0 N–H and O–H groups in total. The van der Waals surface area contributed by atoms with Crippen molar-refractivity contribution in [1.29, 1.82) is 0 Å². The van der Waals surface area contributed by atoms with Crippen LogP contribution < -0.4 is 0 Å². The average Bonchev–Trinajstić information content (AvgIpc) is 1.90. The van der Waals surface area contributed by atoms with Crippen molar-refractivity contribution in [2.45, 2.75) is 19.8 Å². The van der Waals surface area contributed by atoms with Crippen molar-refractivity contribution in [3.8, 4) is 0 Å². The number of benzene rings is 1. The van der Waals surface area contributed by atoms with Gasteiger partial charge in [-0.1, -0.05) is 44.2 Å². The molecule has 0 fully saturated rings. The summed E-state index contributed by atoms with van der Waals surface area (Å²) in [6.45, 7) is 4.41. The molecule has 0 atom stereocenters. The van der Waals surface area contributed by atoms with E-state index in [1.54, 1.807) is 0 Å². The van der Waals surface area contributed by atoms with Crippen LogP contribution in [0.4, 0.5) is 0 Å². The SMILES string of the molecule is CC(C)c1ccccc1.[Fe+2]. The molecule has 0 saturated heterocycles. The second kappa shape index (κ2) is 4.54. The molecular weight excluding hydrogens is 164 g/mol. The van der Waals surface area contributed by atoms with Crippen LogP contribution in [-0.2, 0) is 17.1 Å². The predicted octanol–water partition coefficient (Wildman–Crippen LogP) is 2.81. The second-order valence-corrected chi connectivity index (χ2v) is 2.57. The fourth-order valence-corrected chi connectivity index (χ4v) is 0.838. The molecule has 0 amide bonds. The van der Waals surface area contributed by atoms with Crippen LogP contribution in [0.15, 0.2) is 30.3 Å². The first-order valence-electron chi connectivity index (χ1n) is 3.35. The standard InChI is InChI=1S/C9H12.Fe/c1-8(2)9-6-4-3-5-7-9;/h3-8H,1-2H3;/q;+2. The number of hydrogen-bond donors (Lipinski definition) is 0. The van der Waals surface area contributed by atoms with Crippen LogP contribution in [0, 0.1) is 0 Å². The van der Waals surface area contributed by atoms with E-state index < -0.39 is 0 Å². The summed E-state index contributed by atoms with van der Waals surface area (Å²) in [5.74, 6) is 0.659. The third kappa shape index (κ3) is 2.55. The molecule has 0 aliphatic carbocycles. The maximum absolute atomic E-state index is 2.20. The molecule has 1 heteroatoms. The van der Waals surface area contributed by atoms with Crippen LogP contribution in [0.5, 0.6) is 0 Å². The van der Waals surface area contributed by atoms with E-state index >= 15 is 0 Å². The molecule has 0 bridgehead atoms. The molecule has 0 aliphatic rings. The molecule has 0 heterocycles. The minimum absolute atomic E-state index is 0. The van der Waals surface area contributed by atoms with Crippen LogP contribution in [0.1, 0.15) is 25.3 Å². The zero-order valence-electron chi connectivity index (χ0n) is 6.32. The quantitative estimate of drug-likeness (QED) is 0.577. The minimum atomic E-state index is 0. The summed E-state index contributed by atoms with van der Waals surface area (Å²) in [7, 11) is 0. The Morgan fingerprint density at radius 3 is 1.80 bits per heavy atom. The Hall–Kier alpha value is -0.261. The van der Waals surface area contributed by atoms with Crippen molar-refractivity contribution in [2.75, 3.05) is 0 Å². The molecule has 0 spiro atoms. The van der Waals surface area contributed by atoms with E-state index in [1.165, 1.54) is 5.56 Å². The molecule has 0 aromatic heterocycles. The van der Waals surface area contributed by atoms with Gasteiger partial charge in [-0.2, -0.15) is 0 Å². The molecule has 0 unspecified atom stereocenters. The normalized spacial score (nSPS) is 9.10. The molecule has 54 valence electrons. The first kappa shape index (κ1) is 9.74. The van der Waals surface area contributed by atoms with Gasteiger partial charge in [0, 0.05) is 0 Å². The van der Waals surface area contributed by atoms with Crippen LogP contribution in [0.2, 0.25) is 0 Å². The summed E-state index contributed by atoms with van der Waals surface area (Å²) in [5, 5.41) is 0. The number of hydrogen-bond acceptors (Lipinski definition) is 0. The van der Waals surface area contributed by atoms with Crippen LogP contribution >= 0.6 is 0 Å². The summed E-state index contributed by atoms with van der Waals surface area (Å²) in [5.41, 5.74) is 1.41. The van der Waals surface area contributed by atoms with Gasteiger partial charge in [-0.15, -0.1) is 0 Å². The Balaban J connectivity index is 0.000000810. The molecule has 0 radical (unpaired) electrons. The Kier molecular flexibility index (Phi) is 4.42. The second-order valence-electron chi connectivity index (χ2n) is 2.57. The van der Waals surface area contributed by atoms with Crippen LogP contribution in [0.3, 0.4) is 0 Å². The Morgan fingerprint density at radius 2 is 1.50 bits per heavy atom. The maximum atomic E-state index is 2.20. The van der Waals surface area contributed by atoms with Crippen molar-refractivity contribution in [2.24, 2.45) is 0 Å². The van der Waals surface area contributed by atoms with Crippen molar-refractivity contribution in [1.82, 2.24) is 0 Å². The van der Waals surface area contributed by atoms with E-state index in [4.69, 9.17) is 0 Å². The van der Waals surface area contributed by atoms with Gasteiger partial charge in [-0.25, -0.2) is 0 Å². The number of rotatable bonds is 1. The summed E-state index contributed by atoms with van der Waals surface area (Å²) >= 11 is 0. The summed E-state index contributed by atoms with van der Waals surface area (Å²) in [4.78, 5) is 0. The van der Waals surface area contributed by atoms with Crippen molar-refractivity contribution in [3.63, 3.8) is 0 Å². The smallest absolute Gasteiger partial charge is 0.0622 e. The molecule has 0 aliphatic heterocycles. The van der Waals surface area contributed by atoms with Crippen molar-refractivity contribution < 1.29 is 17.1 Å². The minimum Gasteiger partial charge on any atom is -0.0622 e.